The van der Waals surface area contributed by atoms with Gasteiger partial charge in [-0.25, -0.2) is 0 Å². The van der Waals surface area contributed by atoms with Crippen LogP contribution >= 0.6 is 0 Å². The van der Waals surface area contributed by atoms with Crippen LogP contribution in [-0.2, 0) is 6.54 Å². The summed E-state index contributed by atoms with van der Waals surface area (Å²) in [6.07, 6.45) is 0. The normalized spacial score (nSPS) is 11.5. The topological polar surface area (TPSA) is 65.1 Å². The van der Waals surface area contributed by atoms with Crippen LogP contribution in [0.4, 0.5) is 0 Å². The summed E-state index contributed by atoms with van der Waals surface area (Å²) in [5, 5.41) is 0.395. The zero-order valence-corrected chi connectivity index (χ0v) is 14.6. The second-order valence-corrected chi connectivity index (χ2v) is 6.61. The number of aromatic nitrogens is 2. The zero-order chi connectivity index (χ0) is 18.3. The van der Waals surface area contributed by atoms with Gasteiger partial charge in [-0.3, -0.25) is 14.2 Å². The Morgan fingerprint density at radius 3 is 2.42 bits per heavy atom. The van der Waals surface area contributed by atoms with Gasteiger partial charge in [-0.05, 0) is 17.7 Å². The molecule has 0 amide bonds. The molecule has 0 aliphatic heterocycles. The summed E-state index contributed by atoms with van der Waals surface area (Å²) in [4.78, 5) is 30.6. The Labute approximate surface area is 149 Å². The predicted octanol–water partition coefficient (Wildman–Crippen LogP) is 3.67. The molecule has 5 nitrogen and oxygen atoms in total. The molecule has 4 rings (SSSR count). The van der Waals surface area contributed by atoms with Gasteiger partial charge >= 0.3 is 0 Å². The van der Waals surface area contributed by atoms with E-state index in [1.54, 1.807) is 28.8 Å². The molecular weight excluding hydrogens is 328 g/mol. The van der Waals surface area contributed by atoms with Gasteiger partial charge in [-0.1, -0.05) is 56.3 Å². The Bertz CT molecular complexity index is 1220. The van der Waals surface area contributed by atoms with Gasteiger partial charge in [0.05, 0.1) is 11.9 Å². The monoisotopic (exact) mass is 346 g/mol. The summed E-state index contributed by atoms with van der Waals surface area (Å²) < 4.78 is 7.36. The summed E-state index contributed by atoms with van der Waals surface area (Å²) in [6, 6.07) is 16.6. The first kappa shape index (κ1) is 16.3. The van der Waals surface area contributed by atoms with Crippen molar-refractivity contribution in [1.82, 2.24) is 9.55 Å². The Kier molecular flexibility index (Phi) is 3.92. The number of rotatable bonds is 3. The lowest BCUT2D eigenvalue weighted by atomic mass is 10.1. The first-order valence-electron chi connectivity index (χ1n) is 8.56. The molecule has 2 aromatic heterocycles. The molecule has 2 heterocycles. The van der Waals surface area contributed by atoms with Gasteiger partial charge in [0.25, 0.3) is 5.56 Å². The van der Waals surface area contributed by atoms with E-state index in [1.807, 2.05) is 44.2 Å². The lowest BCUT2D eigenvalue weighted by molar-refractivity contribution is 0.594. The molecule has 0 saturated carbocycles. The van der Waals surface area contributed by atoms with Crippen molar-refractivity contribution in [2.45, 2.75) is 26.3 Å². The summed E-state index contributed by atoms with van der Waals surface area (Å²) in [7, 11) is 0. The van der Waals surface area contributed by atoms with Crippen molar-refractivity contribution >= 4 is 22.1 Å². The van der Waals surface area contributed by atoms with Gasteiger partial charge in [-0.15, -0.1) is 0 Å². The molecule has 4 aromatic rings. The minimum atomic E-state index is -0.359. The maximum Gasteiger partial charge on any atom is 0.269 e. The molecule has 0 spiro atoms. The van der Waals surface area contributed by atoms with Crippen molar-refractivity contribution in [3.8, 4) is 0 Å². The molecule has 26 heavy (non-hydrogen) atoms. The average molecular weight is 346 g/mol. The first-order chi connectivity index (χ1) is 12.6. The lowest BCUT2D eigenvalue weighted by Gasteiger charge is -2.15. The Morgan fingerprint density at radius 2 is 1.69 bits per heavy atom. The predicted molar refractivity (Wildman–Crippen MR) is 102 cm³/mol. The molecular formula is C21H18N2O3. The molecule has 0 fully saturated rings. The van der Waals surface area contributed by atoms with E-state index in [4.69, 9.17) is 4.42 Å². The average Bonchev–Trinajstić information content (AvgIpc) is 2.64. The number of benzene rings is 2. The van der Waals surface area contributed by atoms with Gasteiger partial charge in [0.1, 0.15) is 11.4 Å². The van der Waals surface area contributed by atoms with E-state index in [9.17, 15) is 9.59 Å². The molecule has 0 aliphatic rings. The molecule has 130 valence electrons. The van der Waals surface area contributed by atoms with E-state index < -0.39 is 0 Å². The van der Waals surface area contributed by atoms with Crippen molar-refractivity contribution in [3.05, 3.63) is 86.6 Å². The fraction of sp³-hybridized carbons (Fsp3) is 0.190. The second kappa shape index (κ2) is 6.26. The standard InChI is InChI=1S/C21H18N2O3/c1-13(2)19-22-20-17(18(24)15-10-6-7-11-16(15)26-20)21(25)23(19)12-14-8-4-3-5-9-14/h3-11,13H,12H2,1-2H3. The molecule has 0 radical (unpaired) electrons. The fourth-order valence-electron chi connectivity index (χ4n) is 3.16. The third kappa shape index (κ3) is 2.62. The second-order valence-electron chi connectivity index (χ2n) is 6.61. The van der Waals surface area contributed by atoms with Crippen LogP contribution in [0.5, 0.6) is 0 Å². The maximum atomic E-state index is 13.2. The van der Waals surface area contributed by atoms with Gasteiger partial charge in [0, 0.05) is 5.92 Å². The third-order valence-corrected chi connectivity index (χ3v) is 4.43. The summed E-state index contributed by atoms with van der Waals surface area (Å²) in [6.45, 7) is 4.30. The van der Waals surface area contributed by atoms with Crippen LogP contribution in [0.25, 0.3) is 22.1 Å². The molecule has 0 aliphatic carbocycles. The van der Waals surface area contributed by atoms with Crippen molar-refractivity contribution in [1.29, 1.82) is 0 Å². The molecule has 5 heteroatoms. The minimum absolute atomic E-state index is 0.00373. The van der Waals surface area contributed by atoms with Crippen molar-refractivity contribution < 1.29 is 4.42 Å². The Balaban J connectivity index is 2.07. The van der Waals surface area contributed by atoms with E-state index in [2.05, 4.69) is 4.98 Å². The highest BCUT2D eigenvalue weighted by atomic mass is 16.3. The van der Waals surface area contributed by atoms with Crippen LogP contribution in [0.3, 0.4) is 0 Å². The van der Waals surface area contributed by atoms with Gasteiger partial charge < -0.3 is 4.42 Å². The number of nitrogens with zero attached hydrogens (tertiary/aromatic N) is 2. The van der Waals surface area contributed by atoms with Gasteiger partial charge in [0.2, 0.25) is 11.1 Å². The van der Waals surface area contributed by atoms with E-state index in [0.717, 1.165) is 5.56 Å². The Hall–Kier alpha value is -3.21. The highest BCUT2D eigenvalue weighted by Crippen LogP contribution is 2.18. The zero-order valence-electron chi connectivity index (χ0n) is 14.6. The van der Waals surface area contributed by atoms with Crippen LogP contribution in [0.2, 0.25) is 0 Å². The van der Waals surface area contributed by atoms with Crippen LogP contribution in [0, 0.1) is 0 Å². The summed E-state index contributed by atoms with van der Waals surface area (Å²) in [5.74, 6) is 0.609. The number of fused-ring (bicyclic) bond motifs is 2. The summed E-state index contributed by atoms with van der Waals surface area (Å²) >= 11 is 0. The van der Waals surface area contributed by atoms with Crippen LogP contribution in [0.1, 0.15) is 31.2 Å². The lowest BCUT2D eigenvalue weighted by Crippen LogP contribution is -2.30. The number of hydrogen-bond acceptors (Lipinski definition) is 4. The van der Waals surface area contributed by atoms with E-state index >= 15 is 0 Å². The van der Waals surface area contributed by atoms with E-state index in [0.29, 0.717) is 23.3 Å². The summed E-state index contributed by atoms with van der Waals surface area (Å²) in [5.41, 5.74) is 0.820. The quantitative estimate of drug-likeness (QED) is 0.531. The van der Waals surface area contributed by atoms with Crippen molar-refractivity contribution in [2.75, 3.05) is 0 Å². The highest BCUT2D eigenvalue weighted by Gasteiger charge is 2.19. The highest BCUT2D eigenvalue weighted by molar-refractivity contribution is 5.87. The fourth-order valence-corrected chi connectivity index (χ4v) is 3.16. The van der Waals surface area contributed by atoms with Crippen LogP contribution in [-0.4, -0.2) is 9.55 Å². The Morgan fingerprint density at radius 1 is 1.00 bits per heavy atom. The largest absolute Gasteiger partial charge is 0.437 e. The van der Waals surface area contributed by atoms with Crippen LogP contribution in [0.15, 0.2) is 68.6 Å². The van der Waals surface area contributed by atoms with Gasteiger partial charge in [-0.2, -0.15) is 4.98 Å². The smallest absolute Gasteiger partial charge is 0.269 e. The van der Waals surface area contributed by atoms with E-state index in [-0.39, 0.29) is 28.0 Å². The molecule has 0 bridgehead atoms. The maximum absolute atomic E-state index is 13.2. The first-order valence-corrected chi connectivity index (χ1v) is 8.56. The molecule has 0 N–H and O–H groups in total. The SMILES string of the molecule is CC(C)c1nc2oc3ccccc3c(=O)c2c(=O)n1Cc1ccccc1. The minimum Gasteiger partial charge on any atom is -0.437 e. The van der Waals surface area contributed by atoms with Crippen molar-refractivity contribution in [2.24, 2.45) is 0 Å². The molecule has 0 unspecified atom stereocenters. The number of hydrogen-bond donors (Lipinski definition) is 0. The third-order valence-electron chi connectivity index (χ3n) is 4.43. The molecule has 2 aromatic carbocycles. The molecule has 0 saturated heterocycles. The van der Waals surface area contributed by atoms with Crippen LogP contribution < -0.4 is 11.0 Å². The number of para-hydroxylation sites is 1. The van der Waals surface area contributed by atoms with Gasteiger partial charge in [0.15, 0.2) is 5.39 Å². The van der Waals surface area contributed by atoms with Crippen molar-refractivity contribution in [3.63, 3.8) is 0 Å². The molecule has 0 atom stereocenters. The van der Waals surface area contributed by atoms with E-state index in [1.165, 1.54) is 0 Å².